The zero-order chi connectivity index (χ0) is 13.8. The van der Waals surface area contributed by atoms with E-state index < -0.39 is 15.3 Å². The van der Waals surface area contributed by atoms with Gasteiger partial charge < -0.3 is 0 Å². The molecule has 2 N–H and O–H groups in total. The van der Waals surface area contributed by atoms with Crippen LogP contribution in [0, 0.1) is 0 Å². The Morgan fingerprint density at radius 3 is 2.63 bits per heavy atom. The molecule has 1 saturated heterocycles. The van der Waals surface area contributed by atoms with Crippen LogP contribution in [0.15, 0.2) is 6.07 Å². The van der Waals surface area contributed by atoms with Crippen LogP contribution in [-0.2, 0) is 21.9 Å². The zero-order valence-electron chi connectivity index (χ0n) is 10.6. The average molecular weight is 284 g/mol. The maximum Gasteiger partial charge on any atom is 0.229 e. The van der Waals surface area contributed by atoms with Gasteiger partial charge in [0.25, 0.3) is 0 Å². The fourth-order valence-corrected chi connectivity index (χ4v) is 3.16. The molecule has 1 aliphatic heterocycles. The third kappa shape index (κ3) is 2.25. The summed E-state index contributed by atoms with van der Waals surface area (Å²) >= 11 is 0. The van der Waals surface area contributed by atoms with Crippen molar-refractivity contribution in [2.24, 2.45) is 12.2 Å². The van der Waals surface area contributed by atoms with E-state index in [0.717, 1.165) is 18.5 Å². The number of primary sulfonamides is 1. The molecule has 104 valence electrons. The van der Waals surface area contributed by atoms with Crippen LogP contribution in [0.1, 0.15) is 30.9 Å². The molecule has 1 saturated carbocycles. The Labute approximate surface area is 111 Å². The van der Waals surface area contributed by atoms with Gasteiger partial charge in [-0.3, -0.25) is 14.4 Å². The number of carbonyl (C=O) groups is 1. The number of anilines is 1. The quantitative estimate of drug-likeness (QED) is 0.823. The molecule has 1 amide bonds. The average Bonchev–Trinajstić information content (AvgIpc) is 2.97. The largest absolute Gasteiger partial charge is 0.296 e. The van der Waals surface area contributed by atoms with E-state index in [9.17, 15) is 13.2 Å². The van der Waals surface area contributed by atoms with Crippen LogP contribution < -0.4 is 10.0 Å². The topological polar surface area (TPSA) is 98.3 Å². The Bertz CT molecular complexity index is 632. The maximum absolute atomic E-state index is 11.9. The number of hydrogen-bond acceptors (Lipinski definition) is 4. The Kier molecular flexibility index (Phi) is 2.68. The van der Waals surface area contributed by atoms with Crippen molar-refractivity contribution in [3.8, 4) is 0 Å². The number of sulfonamides is 1. The highest BCUT2D eigenvalue weighted by molar-refractivity contribution is 7.89. The number of carbonyl (C=O) groups excluding carboxylic acids is 1. The van der Waals surface area contributed by atoms with Crippen LogP contribution >= 0.6 is 0 Å². The molecule has 1 unspecified atom stereocenters. The summed E-state index contributed by atoms with van der Waals surface area (Å²) in [6.45, 7) is 0.112. The Morgan fingerprint density at radius 2 is 2.11 bits per heavy atom. The minimum absolute atomic E-state index is 0.0528. The molecule has 2 fully saturated rings. The van der Waals surface area contributed by atoms with Gasteiger partial charge in [-0.25, -0.2) is 13.6 Å². The van der Waals surface area contributed by atoms with Crippen molar-refractivity contribution in [3.05, 3.63) is 11.8 Å². The fourth-order valence-electron chi connectivity index (χ4n) is 2.43. The molecule has 8 heteroatoms. The van der Waals surface area contributed by atoms with Gasteiger partial charge in [-0.05, 0) is 12.8 Å². The first-order valence-corrected chi connectivity index (χ1v) is 7.83. The van der Waals surface area contributed by atoms with Crippen LogP contribution in [-0.4, -0.2) is 35.9 Å². The van der Waals surface area contributed by atoms with Crippen LogP contribution in [0.3, 0.4) is 0 Å². The van der Waals surface area contributed by atoms with Crippen molar-refractivity contribution in [1.82, 2.24) is 9.78 Å². The van der Waals surface area contributed by atoms with E-state index in [1.165, 1.54) is 4.90 Å². The second-order valence-electron chi connectivity index (χ2n) is 5.24. The minimum Gasteiger partial charge on any atom is -0.296 e. The lowest BCUT2D eigenvalue weighted by Gasteiger charge is -2.15. The predicted molar refractivity (Wildman–Crippen MR) is 69.0 cm³/mol. The van der Waals surface area contributed by atoms with Crippen molar-refractivity contribution >= 4 is 21.7 Å². The van der Waals surface area contributed by atoms with E-state index in [-0.39, 0.29) is 18.9 Å². The summed E-state index contributed by atoms with van der Waals surface area (Å²) in [5, 5.41) is 8.68. The van der Waals surface area contributed by atoms with E-state index in [1.807, 2.05) is 6.07 Å². The maximum atomic E-state index is 11.9. The lowest BCUT2D eigenvalue weighted by atomic mass is 10.3. The summed E-state index contributed by atoms with van der Waals surface area (Å²) in [4.78, 5) is 13.4. The molecule has 0 aromatic carbocycles. The minimum atomic E-state index is -3.68. The fraction of sp³-hybridized carbons (Fsp3) is 0.636. The molecule has 2 aliphatic rings. The number of amides is 1. The van der Waals surface area contributed by atoms with E-state index in [4.69, 9.17) is 5.14 Å². The summed E-state index contributed by atoms with van der Waals surface area (Å²) in [6.07, 6.45) is 2.21. The monoisotopic (exact) mass is 284 g/mol. The van der Waals surface area contributed by atoms with Gasteiger partial charge >= 0.3 is 0 Å². The van der Waals surface area contributed by atoms with Crippen LogP contribution in [0.25, 0.3) is 0 Å². The Balaban J connectivity index is 1.88. The molecule has 1 aliphatic carbocycles. The SMILES string of the molecule is Cn1nc(C2CC2)cc1N1CC(S(N)(=O)=O)CC1=O. The number of rotatable bonds is 3. The number of aryl methyl sites for hydroxylation is 1. The third-order valence-corrected chi connectivity index (χ3v) is 4.95. The number of aromatic nitrogens is 2. The van der Waals surface area contributed by atoms with E-state index >= 15 is 0 Å². The molecule has 3 rings (SSSR count). The normalized spacial score (nSPS) is 24.2. The Hall–Kier alpha value is -1.41. The highest BCUT2D eigenvalue weighted by Gasteiger charge is 2.39. The van der Waals surface area contributed by atoms with E-state index in [1.54, 1.807) is 11.7 Å². The van der Waals surface area contributed by atoms with Crippen LogP contribution in [0.2, 0.25) is 0 Å². The highest BCUT2D eigenvalue weighted by atomic mass is 32.2. The molecule has 19 heavy (non-hydrogen) atoms. The van der Waals surface area contributed by atoms with Crippen molar-refractivity contribution in [3.63, 3.8) is 0 Å². The van der Waals surface area contributed by atoms with Crippen molar-refractivity contribution < 1.29 is 13.2 Å². The lowest BCUT2D eigenvalue weighted by molar-refractivity contribution is -0.117. The third-order valence-electron chi connectivity index (χ3n) is 3.70. The molecule has 1 atom stereocenters. The highest BCUT2D eigenvalue weighted by Crippen LogP contribution is 2.40. The molecule has 1 aromatic heterocycles. The van der Waals surface area contributed by atoms with Gasteiger partial charge in [-0.15, -0.1) is 0 Å². The van der Waals surface area contributed by atoms with E-state index in [2.05, 4.69) is 5.10 Å². The molecule has 1 aromatic rings. The van der Waals surface area contributed by atoms with Gasteiger partial charge in [0, 0.05) is 32.0 Å². The van der Waals surface area contributed by atoms with Crippen molar-refractivity contribution in [1.29, 1.82) is 0 Å². The first-order chi connectivity index (χ1) is 8.86. The first kappa shape index (κ1) is 12.6. The van der Waals surface area contributed by atoms with Crippen molar-refractivity contribution in [2.45, 2.75) is 30.4 Å². The van der Waals surface area contributed by atoms with Gasteiger partial charge in [0.05, 0.1) is 5.69 Å². The number of hydrogen-bond donors (Lipinski definition) is 1. The molecule has 0 spiro atoms. The van der Waals surface area contributed by atoms with Crippen LogP contribution in [0.4, 0.5) is 5.82 Å². The second-order valence-corrected chi connectivity index (χ2v) is 7.09. The smallest absolute Gasteiger partial charge is 0.229 e. The summed E-state index contributed by atoms with van der Waals surface area (Å²) in [6, 6.07) is 1.88. The van der Waals surface area contributed by atoms with Crippen LogP contribution in [0.5, 0.6) is 0 Å². The zero-order valence-corrected chi connectivity index (χ0v) is 11.4. The Morgan fingerprint density at radius 1 is 1.42 bits per heavy atom. The van der Waals surface area contributed by atoms with Gasteiger partial charge in [-0.2, -0.15) is 5.10 Å². The molecular formula is C11H16N4O3S. The number of nitrogens with zero attached hydrogens (tertiary/aromatic N) is 3. The summed E-state index contributed by atoms with van der Waals surface area (Å²) in [5.74, 6) is 0.925. The molecule has 0 bridgehead atoms. The van der Waals surface area contributed by atoms with Gasteiger partial charge in [0.2, 0.25) is 15.9 Å². The first-order valence-electron chi connectivity index (χ1n) is 6.22. The summed E-state index contributed by atoms with van der Waals surface area (Å²) in [5.41, 5.74) is 0.976. The standard InChI is InChI=1S/C11H16N4O3S/c1-14-10(5-9(13-14)7-2-3-7)15-6-8(4-11(15)16)19(12,17)18/h5,7-8H,2-4,6H2,1H3,(H2,12,17,18). The molecule has 2 heterocycles. The van der Waals surface area contributed by atoms with Gasteiger partial charge in [0.1, 0.15) is 11.1 Å². The predicted octanol–water partition coefficient (Wildman–Crippen LogP) is -0.309. The van der Waals surface area contributed by atoms with E-state index in [0.29, 0.717) is 11.7 Å². The van der Waals surface area contributed by atoms with Gasteiger partial charge in [-0.1, -0.05) is 0 Å². The van der Waals surface area contributed by atoms with Crippen molar-refractivity contribution in [2.75, 3.05) is 11.4 Å². The summed E-state index contributed by atoms with van der Waals surface area (Å²) in [7, 11) is -1.92. The molecule has 7 nitrogen and oxygen atoms in total. The molecular weight excluding hydrogens is 268 g/mol. The summed E-state index contributed by atoms with van der Waals surface area (Å²) < 4.78 is 24.3. The second kappa shape index (κ2) is 4.04. The van der Waals surface area contributed by atoms with Gasteiger partial charge in [0.15, 0.2) is 0 Å². The molecule has 0 radical (unpaired) electrons. The lowest BCUT2D eigenvalue weighted by Crippen LogP contribution is -2.32. The number of nitrogens with two attached hydrogens (primary N) is 1.